The molecule has 17 heavy (non-hydrogen) atoms. The minimum atomic E-state index is 0.396. The van der Waals surface area contributed by atoms with E-state index in [0.717, 1.165) is 5.56 Å². The predicted molar refractivity (Wildman–Crippen MR) is 67.1 cm³/mol. The van der Waals surface area contributed by atoms with E-state index in [0.29, 0.717) is 22.5 Å². The molecule has 0 atom stereocenters. The fourth-order valence-electron chi connectivity index (χ4n) is 1.39. The zero-order chi connectivity index (χ0) is 12.4. The van der Waals surface area contributed by atoms with E-state index in [9.17, 15) is 0 Å². The van der Waals surface area contributed by atoms with Gasteiger partial charge in [0, 0.05) is 10.6 Å². The van der Waals surface area contributed by atoms with Gasteiger partial charge in [-0.2, -0.15) is 4.68 Å². The number of nitrogens with zero attached hydrogens (tertiary/aromatic N) is 4. The lowest BCUT2D eigenvalue weighted by Crippen LogP contribution is -2.16. The van der Waals surface area contributed by atoms with E-state index < -0.39 is 0 Å². The molecule has 0 saturated heterocycles. The van der Waals surface area contributed by atoms with Crippen molar-refractivity contribution in [1.82, 2.24) is 14.9 Å². The molecule has 2 aromatic rings. The van der Waals surface area contributed by atoms with Crippen LogP contribution in [0.4, 0.5) is 0 Å². The molecule has 0 radical (unpaired) electrons. The zero-order valence-corrected chi connectivity index (χ0v) is 10.3. The Kier molecular flexibility index (Phi) is 3.10. The molecule has 0 unspecified atom stereocenters. The molecule has 2 N–H and O–H groups in total. The van der Waals surface area contributed by atoms with Crippen molar-refractivity contribution in [2.75, 3.05) is 0 Å². The van der Waals surface area contributed by atoms with Crippen LogP contribution in [0.2, 0.25) is 5.02 Å². The minimum Gasteiger partial charge on any atom is -0.382 e. The van der Waals surface area contributed by atoms with Gasteiger partial charge in [-0.1, -0.05) is 11.6 Å². The molecule has 0 aliphatic heterocycles. The summed E-state index contributed by atoms with van der Waals surface area (Å²) in [5.74, 6) is 1.78. The first-order valence-corrected chi connectivity index (χ1v) is 5.45. The molecule has 0 amide bonds. The molecule has 0 fully saturated rings. The Bertz CT molecular complexity index is 536. The van der Waals surface area contributed by atoms with E-state index in [4.69, 9.17) is 17.3 Å². The molecule has 0 aliphatic carbocycles. The molecule has 2 rings (SSSR count). The maximum atomic E-state index is 5.90. The van der Waals surface area contributed by atoms with Gasteiger partial charge < -0.3 is 5.73 Å². The summed E-state index contributed by atoms with van der Waals surface area (Å²) in [7, 11) is 0. The topological polar surface area (TPSA) is 69.1 Å². The van der Waals surface area contributed by atoms with Crippen LogP contribution in [0.1, 0.15) is 17.2 Å². The first-order valence-electron chi connectivity index (χ1n) is 5.07. The molecule has 0 aliphatic rings. The Hall–Kier alpha value is -1.88. The lowest BCUT2D eigenvalue weighted by atomic mass is 10.2. The van der Waals surface area contributed by atoms with E-state index in [-0.39, 0.29) is 0 Å². The van der Waals surface area contributed by atoms with Gasteiger partial charge in [-0.3, -0.25) is 0 Å². The second-order valence-corrected chi connectivity index (χ2v) is 4.03. The Labute approximate surface area is 104 Å². The van der Waals surface area contributed by atoms with Gasteiger partial charge in [-0.25, -0.2) is 0 Å². The minimum absolute atomic E-state index is 0.396. The second kappa shape index (κ2) is 4.55. The number of amidine groups is 1. The van der Waals surface area contributed by atoms with Gasteiger partial charge in [-0.05, 0) is 38.1 Å². The maximum Gasteiger partial charge on any atom is 0.151 e. The van der Waals surface area contributed by atoms with Crippen molar-refractivity contribution in [3.63, 3.8) is 0 Å². The second-order valence-electron chi connectivity index (χ2n) is 3.60. The average Bonchev–Trinajstić information content (AvgIpc) is 2.61. The number of halogens is 1. The van der Waals surface area contributed by atoms with Crippen LogP contribution in [0.5, 0.6) is 0 Å². The molecule has 0 saturated carbocycles. The molecule has 1 aromatic heterocycles. The summed E-state index contributed by atoms with van der Waals surface area (Å²) in [6, 6.07) is 7.17. The summed E-state index contributed by atoms with van der Waals surface area (Å²) in [5, 5.41) is 12.7. The quantitative estimate of drug-likeness (QED) is 0.651. The van der Waals surface area contributed by atoms with Crippen LogP contribution in [-0.4, -0.2) is 20.7 Å². The molecule has 5 nitrogen and oxygen atoms in total. The van der Waals surface area contributed by atoms with E-state index in [1.54, 1.807) is 16.8 Å². The van der Waals surface area contributed by atoms with Crippen LogP contribution in [0.15, 0.2) is 29.4 Å². The van der Waals surface area contributed by atoms with Crippen LogP contribution in [0.25, 0.3) is 0 Å². The van der Waals surface area contributed by atoms with Crippen LogP contribution < -0.4 is 5.73 Å². The lowest BCUT2D eigenvalue weighted by Gasteiger charge is -2.03. The van der Waals surface area contributed by atoms with Gasteiger partial charge in [0.1, 0.15) is 0 Å². The van der Waals surface area contributed by atoms with Gasteiger partial charge in [0.15, 0.2) is 17.5 Å². The van der Waals surface area contributed by atoms with Gasteiger partial charge in [-0.15, -0.1) is 15.3 Å². The summed E-state index contributed by atoms with van der Waals surface area (Å²) in [4.78, 5) is 0. The lowest BCUT2D eigenvalue weighted by molar-refractivity contribution is 0.792. The monoisotopic (exact) mass is 249 g/mol. The summed E-state index contributed by atoms with van der Waals surface area (Å²) < 4.78 is 1.60. The predicted octanol–water partition coefficient (Wildman–Crippen LogP) is 1.72. The van der Waals surface area contributed by atoms with Gasteiger partial charge in [0.05, 0.1) is 0 Å². The highest BCUT2D eigenvalue weighted by Crippen LogP contribution is 2.09. The van der Waals surface area contributed by atoms with Crippen LogP contribution in [-0.2, 0) is 0 Å². The highest BCUT2D eigenvalue weighted by molar-refractivity contribution is 6.30. The number of benzene rings is 1. The largest absolute Gasteiger partial charge is 0.382 e. The number of rotatable bonds is 2. The van der Waals surface area contributed by atoms with Crippen molar-refractivity contribution < 1.29 is 0 Å². The Morgan fingerprint density at radius 1 is 1.18 bits per heavy atom. The average molecular weight is 250 g/mol. The van der Waals surface area contributed by atoms with Gasteiger partial charge in [0.2, 0.25) is 0 Å². The van der Waals surface area contributed by atoms with Gasteiger partial charge >= 0.3 is 0 Å². The molecule has 1 aromatic carbocycles. The number of hydrogen-bond acceptors (Lipinski definition) is 3. The van der Waals surface area contributed by atoms with E-state index in [1.807, 2.05) is 26.0 Å². The maximum absolute atomic E-state index is 5.90. The van der Waals surface area contributed by atoms with Crippen molar-refractivity contribution in [3.05, 3.63) is 46.5 Å². The zero-order valence-electron chi connectivity index (χ0n) is 9.55. The van der Waals surface area contributed by atoms with Crippen molar-refractivity contribution in [2.45, 2.75) is 13.8 Å². The molecule has 88 valence electrons. The van der Waals surface area contributed by atoms with Gasteiger partial charge in [0.25, 0.3) is 0 Å². The Morgan fingerprint density at radius 3 is 2.24 bits per heavy atom. The van der Waals surface area contributed by atoms with Crippen molar-refractivity contribution in [2.24, 2.45) is 10.8 Å². The highest BCUT2D eigenvalue weighted by atomic mass is 35.5. The van der Waals surface area contributed by atoms with E-state index in [2.05, 4.69) is 15.3 Å². The third-order valence-electron chi connectivity index (χ3n) is 2.30. The van der Waals surface area contributed by atoms with Crippen LogP contribution in [0.3, 0.4) is 0 Å². The Balaban J connectivity index is 2.37. The summed E-state index contributed by atoms with van der Waals surface area (Å²) in [5.41, 5.74) is 6.71. The number of nitrogens with two attached hydrogens (primary N) is 1. The molecule has 0 bridgehead atoms. The van der Waals surface area contributed by atoms with E-state index >= 15 is 0 Å². The smallest absolute Gasteiger partial charge is 0.151 e. The summed E-state index contributed by atoms with van der Waals surface area (Å²) in [6.07, 6.45) is 0. The Morgan fingerprint density at radius 2 is 1.71 bits per heavy atom. The number of aryl methyl sites for hydroxylation is 2. The highest BCUT2D eigenvalue weighted by Gasteiger charge is 2.04. The van der Waals surface area contributed by atoms with Crippen LogP contribution in [0, 0.1) is 13.8 Å². The number of aromatic nitrogens is 3. The van der Waals surface area contributed by atoms with E-state index in [1.165, 1.54) is 0 Å². The summed E-state index contributed by atoms with van der Waals surface area (Å²) >= 11 is 5.80. The first kappa shape index (κ1) is 11.6. The standard InChI is InChI=1S/C11H12ClN5/c1-7-14-15-8(2)17(7)16-11(13)9-3-5-10(12)6-4-9/h3-6H,1-2H3,(H2,13,16). The number of hydrogen-bond donors (Lipinski definition) is 1. The molecule has 6 heteroatoms. The third-order valence-corrected chi connectivity index (χ3v) is 2.55. The normalized spacial score (nSPS) is 11.8. The van der Waals surface area contributed by atoms with Crippen molar-refractivity contribution >= 4 is 17.4 Å². The first-order chi connectivity index (χ1) is 8.08. The molecular formula is C11H12ClN5. The SMILES string of the molecule is Cc1nnc(C)n1/N=C(\N)c1ccc(Cl)cc1. The fraction of sp³-hybridized carbons (Fsp3) is 0.182. The van der Waals surface area contributed by atoms with Crippen molar-refractivity contribution in [1.29, 1.82) is 0 Å². The van der Waals surface area contributed by atoms with Crippen LogP contribution >= 0.6 is 11.6 Å². The molecule has 0 spiro atoms. The van der Waals surface area contributed by atoms with Crippen molar-refractivity contribution in [3.8, 4) is 0 Å². The molecular weight excluding hydrogens is 238 g/mol. The molecule has 1 heterocycles. The third kappa shape index (κ3) is 2.45. The summed E-state index contributed by atoms with van der Waals surface area (Å²) in [6.45, 7) is 3.64. The fourth-order valence-corrected chi connectivity index (χ4v) is 1.52.